The van der Waals surface area contributed by atoms with Crippen molar-refractivity contribution >= 4 is 11.8 Å². The summed E-state index contributed by atoms with van der Waals surface area (Å²) >= 11 is 0. The molecule has 0 unspecified atom stereocenters. The lowest BCUT2D eigenvalue weighted by Gasteiger charge is -2.25. The van der Waals surface area contributed by atoms with Crippen molar-refractivity contribution in [2.45, 2.75) is 44.7 Å². The summed E-state index contributed by atoms with van der Waals surface area (Å²) in [4.78, 5) is 29.0. The number of carbonyl (C=O) groups excluding carboxylic acids is 2. The van der Waals surface area contributed by atoms with E-state index in [0.717, 1.165) is 44.3 Å². The summed E-state index contributed by atoms with van der Waals surface area (Å²) in [5, 5.41) is 10.5. The molecular weight excluding hydrogens is 354 g/mol. The van der Waals surface area contributed by atoms with Crippen molar-refractivity contribution in [2.24, 2.45) is 5.92 Å². The topological polar surface area (TPSA) is 88.9 Å². The molecule has 146 valence electrons. The van der Waals surface area contributed by atoms with Crippen LogP contribution in [-0.4, -0.2) is 39.2 Å². The van der Waals surface area contributed by atoms with Crippen LogP contribution in [0.1, 0.15) is 52.1 Å². The predicted molar refractivity (Wildman–Crippen MR) is 105 cm³/mol. The summed E-state index contributed by atoms with van der Waals surface area (Å²) in [6.07, 6.45) is 13.7. The highest BCUT2D eigenvalue weighted by Crippen LogP contribution is 2.23. The van der Waals surface area contributed by atoms with Crippen molar-refractivity contribution in [2.75, 3.05) is 6.54 Å². The number of hydrogen-bond acceptors (Lipinski definition) is 4. The molecule has 2 aromatic heterocycles. The summed E-state index contributed by atoms with van der Waals surface area (Å²) in [6.45, 7) is 1.34. The fraction of sp³-hybridized carbons (Fsp3) is 0.429. The number of rotatable bonds is 5. The number of allylic oxidation sites excluding steroid dienone is 1. The standard InChI is InChI=1S/C21H25N5O2/c27-20(16-5-4-9-22-13-16)23-12-15-8-10-26-19(11-15)18(14-24-26)21(28)25-17-6-2-1-3-7-17/h1-2,4-5,9,13-15,17H,3,6-8,10-12H2,(H,23,27)(H,25,28)/t15-,17-/m1/s1. The van der Waals surface area contributed by atoms with Gasteiger partial charge in [0.2, 0.25) is 0 Å². The van der Waals surface area contributed by atoms with E-state index in [4.69, 9.17) is 0 Å². The maximum absolute atomic E-state index is 12.7. The van der Waals surface area contributed by atoms with Crippen molar-refractivity contribution < 1.29 is 9.59 Å². The van der Waals surface area contributed by atoms with Crippen LogP contribution in [0, 0.1) is 5.92 Å². The molecule has 1 aliphatic carbocycles. The molecule has 1 aliphatic heterocycles. The highest BCUT2D eigenvalue weighted by molar-refractivity contribution is 5.95. The minimum atomic E-state index is -0.115. The average Bonchev–Trinajstić information content (AvgIpc) is 3.17. The highest BCUT2D eigenvalue weighted by atomic mass is 16.2. The number of pyridine rings is 1. The van der Waals surface area contributed by atoms with Gasteiger partial charge in [-0.05, 0) is 50.2 Å². The Morgan fingerprint density at radius 1 is 1.18 bits per heavy atom. The molecule has 0 fully saturated rings. The van der Waals surface area contributed by atoms with Crippen LogP contribution in [0.3, 0.4) is 0 Å². The van der Waals surface area contributed by atoms with E-state index in [1.807, 2.05) is 4.68 Å². The van der Waals surface area contributed by atoms with Crippen LogP contribution in [0.4, 0.5) is 0 Å². The number of carbonyl (C=O) groups is 2. The van der Waals surface area contributed by atoms with Crippen LogP contribution in [-0.2, 0) is 13.0 Å². The Bertz CT molecular complexity index is 874. The second-order valence-electron chi connectivity index (χ2n) is 7.49. The summed E-state index contributed by atoms with van der Waals surface area (Å²) in [5.74, 6) is 0.131. The van der Waals surface area contributed by atoms with Crippen molar-refractivity contribution in [3.05, 3.63) is 59.7 Å². The molecular formula is C21H25N5O2. The number of aryl methyl sites for hydroxylation is 1. The van der Waals surface area contributed by atoms with E-state index in [-0.39, 0.29) is 23.8 Å². The van der Waals surface area contributed by atoms with E-state index in [9.17, 15) is 9.59 Å². The van der Waals surface area contributed by atoms with Gasteiger partial charge in [0.05, 0.1) is 23.0 Å². The van der Waals surface area contributed by atoms with Crippen molar-refractivity contribution in [1.29, 1.82) is 0 Å². The third-order valence-electron chi connectivity index (χ3n) is 5.50. The van der Waals surface area contributed by atoms with E-state index in [1.165, 1.54) is 0 Å². The van der Waals surface area contributed by atoms with Gasteiger partial charge in [0.25, 0.3) is 11.8 Å². The summed E-state index contributed by atoms with van der Waals surface area (Å²) in [7, 11) is 0. The summed E-state index contributed by atoms with van der Waals surface area (Å²) < 4.78 is 1.93. The third-order valence-corrected chi connectivity index (χ3v) is 5.50. The number of amides is 2. The van der Waals surface area contributed by atoms with E-state index in [0.29, 0.717) is 17.7 Å². The van der Waals surface area contributed by atoms with E-state index in [2.05, 4.69) is 32.9 Å². The molecule has 7 heteroatoms. The molecule has 0 spiro atoms. The Morgan fingerprint density at radius 3 is 2.89 bits per heavy atom. The molecule has 2 amide bonds. The lowest BCUT2D eigenvalue weighted by Crippen LogP contribution is -2.37. The second kappa shape index (κ2) is 8.37. The monoisotopic (exact) mass is 379 g/mol. The molecule has 2 aliphatic rings. The molecule has 2 N–H and O–H groups in total. The number of aromatic nitrogens is 3. The molecule has 0 radical (unpaired) electrons. The molecule has 0 saturated heterocycles. The quantitative estimate of drug-likeness (QED) is 0.779. The zero-order valence-corrected chi connectivity index (χ0v) is 15.8. The molecule has 3 heterocycles. The van der Waals surface area contributed by atoms with Gasteiger partial charge >= 0.3 is 0 Å². The predicted octanol–water partition coefficient (Wildman–Crippen LogP) is 2.11. The van der Waals surface area contributed by atoms with Gasteiger partial charge < -0.3 is 10.6 Å². The zero-order chi connectivity index (χ0) is 19.3. The lowest BCUT2D eigenvalue weighted by molar-refractivity contribution is 0.0924. The molecule has 2 aromatic rings. The summed E-state index contributed by atoms with van der Waals surface area (Å²) in [6, 6.07) is 3.70. The van der Waals surface area contributed by atoms with Gasteiger partial charge in [-0.2, -0.15) is 5.10 Å². The minimum Gasteiger partial charge on any atom is -0.352 e. The molecule has 0 aromatic carbocycles. The van der Waals surface area contributed by atoms with Gasteiger partial charge in [-0.15, -0.1) is 0 Å². The largest absolute Gasteiger partial charge is 0.352 e. The van der Waals surface area contributed by atoms with Crippen LogP contribution < -0.4 is 10.6 Å². The number of fused-ring (bicyclic) bond motifs is 1. The van der Waals surface area contributed by atoms with Crippen LogP contribution in [0.25, 0.3) is 0 Å². The Labute approximate surface area is 164 Å². The third kappa shape index (κ3) is 4.13. The minimum absolute atomic E-state index is 0.0402. The van der Waals surface area contributed by atoms with E-state index in [1.54, 1.807) is 30.7 Å². The van der Waals surface area contributed by atoms with Crippen LogP contribution in [0.15, 0.2) is 42.9 Å². The first-order valence-electron chi connectivity index (χ1n) is 9.89. The highest BCUT2D eigenvalue weighted by Gasteiger charge is 2.26. The van der Waals surface area contributed by atoms with Crippen molar-refractivity contribution in [3.63, 3.8) is 0 Å². The first kappa shape index (κ1) is 18.4. The first-order chi connectivity index (χ1) is 13.7. The van der Waals surface area contributed by atoms with E-state index < -0.39 is 0 Å². The van der Waals surface area contributed by atoms with Crippen LogP contribution >= 0.6 is 0 Å². The number of nitrogens with zero attached hydrogens (tertiary/aromatic N) is 3. The Kier molecular flexibility index (Phi) is 5.50. The van der Waals surface area contributed by atoms with E-state index >= 15 is 0 Å². The smallest absolute Gasteiger partial charge is 0.254 e. The van der Waals surface area contributed by atoms with Gasteiger partial charge in [0.15, 0.2) is 0 Å². The zero-order valence-electron chi connectivity index (χ0n) is 15.8. The van der Waals surface area contributed by atoms with Crippen LogP contribution in [0.5, 0.6) is 0 Å². The second-order valence-corrected chi connectivity index (χ2v) is 7.49. The van der Waals surface area contributed by atoms with Crippen LogP contribution in [0.2, 0.25) is 0 Å². The Morgan fingerprint density at radius 2 is 2.11 bits per heavy atom. The van der Waals surface area contributed by atoms with Gasteiger partial charge in [0.1, 0.15) is 0 Å². The number of hydrogen-bond donors (Lipinski definition) is 2. The first-order valence-corrected chi connectivity index (χ1v) is 9.89. The van der Waals surface area contributed by atoms with Gasteiger partial charge in [0, 0.05) is 31.5 Å². The molecule has 4 rings (SSSR count). The van der Waals surface area contributed by atoms with Gasteiger partial charge in [-0.3, -0.25) is 19.3 Å². The Hall–Kier alpha value is -2.96. The summed E-state index contributed by atoms with van der Waals surface area (Å²) in [5.41, 5.74) is 2.19. The molecule has 2 atom stereocenters. The molecule has 0 bridgehead atoms. The van der Waals surface area contributed by atoms with Gasteiger partial charge in [-0.1, -0.05) is 12.2 Å². The molecule has 28 heavy (non-hydrogen) atoms. The Balaban J connectivity index is 1.36. The average molecular weight is 379 g/mol. The molecule has 7 nitrogen and oxygen atoms in total. The fourth-order valence-corrected chi connectivity index (χ4v) is 3.89. The number of nitrogens with one attached hydrogen (secondary N) is 2. The lowest BCUT2D eigenvalue weighted by atomic mass is 9.93. The maximum Gasteiger partial charge on any atom is 0.254 e. The van der Waals surface area contributed by atoms with Gasteiger partial charge in [-0.25, -0.2) is 0 Å². The van der Waals surface area contributed by atoms with Crippen molar-refractivity contribution in [1.82, 2.24) is 25.4 Å². The maximum atomic E-state index is 12.7. The van der Waals surface area contributed by atoms with Crippen molar-refractivity contribution in [3.8, 4) is 0 Å². The molecule has 0 saturated carbocycles. The fourth-order valence-electron chi connectivity index (χ4n) is 3.89. The normalized spacial score (nSPS) is 21.0. The SMILES string of the molecule is O=C(NC[C@@H]1CCn2ncc(C(=O)N[C@@H]3CC=CCC3)c2C1)c1cccnc1.